The summed E-state index contributed by atoms with van der Waals surface area (Å²) in [5.74, 6) is 1.51. The fourth-order valence-electron chi connectivity index (χ4n) is 1.92. The fourth-order valence-corrected chi connectivity index (χ4v) is 2.43. The van der Waals surface area contributed by atoms with Gasteiger partial charge in [-0.2, -0.15) is 0 Å². The highest BCUT2D eigenvalue weighted by Gasteiger charge is 2.08. The molecule has 0 atom stereocenters. The molecule has 0 radical (unpaired) electrons. The molecule has 0 aliphatic heterocycles. The smallest absolute Gasteiger partial charge is 0.129 e. The summed E-state index contributed by atoms with van der Waals surface area (Å²) in [5.41, 5.74) is 8.47. The van der Waals surface area contributed by atoms with Gasteiger partial charge in [0.1, 0.15) is 23.1 Å². The van der Waals surface area contributed by atoms with Gasteiger partial charge in [-0.1, -0.05) is 40.3 Å². The number of nitrogens with two attached hydrogens (primary N) is 1. The second kappa shape index (κ2) is 6.91. The Kier molecular flexibility index (Phi) is 5.20. The van der Waals surface area contributed by atoms with Crippen LogP contribution in [0.2, 0.25) is 0 Å². The van der Waals surface area contributed by atoms with Gasteiger partial charge in [0.25, 0.3) is 0 Å². The molecule has 21 heavy (non-hydrogen) atoms. The van der Waals surface area contributed by atoms with Crippen LogP contribution in [-0.2, 0) is 6.61 Å². The van der Waals surface area contributed by atoms with Gasteiger partial charge in [-0.05, 0) is 42.3 Å². The number of hydrogen-bond donors (Lipinski definition) is 1. The van der Waals surface area contributed by atoms with Crippen molar-refractivity contribution in [3.05, 3.63) is 57.6 Å². The summed E-state index contributed by atoms with van der Waals surface area (Å²) >= 11 is 8.44. The van der Waals surface area contributed by atoms with Crippen molar-refractivity contribution in [3.8, 4) is 11.5 Å². The topological polar surface area (TPSA) is 44.5 Å². The molecule has 2 aromatic rings. The first-order valence-electron chi connectivity index (χ1n) is 6.37. The number of methoxy groups -OCH3 is 1. The lowest BCUT2D eigenvalue weighted by atomic mass is 10.1. The van der Waals surface area contributed by atoms with Crippen molar-refractivity contribution in [1.82, 2.24) is 0 Å². The van der Waals surface area contributed by atoms with Gasteiger partial charge in [-0.3, -0.25) is 0 Å². The monoisotopic (exact) mass is 365 g/mol. The van der Waals surface area contributed by atoms with E-state index in [1.165, 1.54) is 0 Å². The Morgan fingerprint density at radius 2 is 1.95 bits per heavy atom. The van der Waals surface area contributed by atoms with Crippen molar-refractivity contribution in [1.29, 1.82) is 0 Å². The van der Waals surface area contributed by atoms with E-state index < -0.39 is 0 Å². The van der Waals surface area contributed by atoms with Gasteiger partial charge >= 0.3 is 0 Å². The molecule has 0 aliphatic rings. The standard InChI is InChI=1S/C16H16BrNO2S/c1-10-3-5-12(17)8-14(10)20-9-11-4-6-13(16(18)21)15(7-11)19-2/h3-8H,9H2,1-2H3,(H2,18,21). The van der Waals surface area contributed by atoms with E-state index in [2.05, 4.69) is 15.9 Å². The first kappa shape index (κ1) is 15.8. The molecule has 0 unspecified atom stereocenters. The minimum absolute atomic E-state index is 0.321. The van der Waals surface area contributed by atoms with Gasteiger partial charge in [0.15, 0.2) is 0 Å². The van der Waals surface area contributed by atoms with Crippen molar-refractivity contribution in [2.75, 3.05) is 7.11 Å². The number of ether oxygens (including phenoxy) is 2. The first-order valence-corrected chi connectivity index (χ1v) is 7.57. The minimum Gasteiger partial charge on any atom is -0.496 e. The normalized spacial score (nSPS) is 10.2. The number of aryl methyl sites for hydroxylation is 1. The third-order valence-electron chi connectivity index (χ3n) is 3.08. The van der Waals surface area contributed by atoms with Crippen LogP contribution in [0.15, 0.2) is 40.9 Å². The average molecular weight is 366 g/mol. The third kappa shape index (κ3) is 3.95. The molecule has 2 rings (SSSR count). The average Bonchev–Trinajstić information content (AvgIpc) is 2.47. The number of benzene rings is 2. The van der Waals surface area contributed by atoms with Crippen LogP contribution in [-0.4, -0.2) is 12.1 Å². The predicted octanol–water partition coefficient (Wildman–Crippen LogP) is 3.98. The Morgan fingerprint density at radius 3 is 2.62 bits per heavy atom. The summed E-state index contributed by atoms with van der Waals surface area (Å²) in [6.07, 6.45) is 0. The van der Waals surface area contributed by atoms with Gasteiger partial charge in [-0.15, -0.1) is 0 Å². The highest BCUT2D eigenvalue weighted by molar-refractivity contribution is 9.10. The molecule has 0 saturated carbocycles. The van der Waals surface area contributed by atoms with Crippen molar-refractivity contribution >= 4 is 33.1 Å². The van der Waals surface area contributed by atoms with E-state index in [0.717, 1.165) is 26.9 Å². The number of hydrogen-bond acceptors (Lipinski definition) is 3. The molecule has 0 aliphatic carbocycles. The lowest BCUT2D eigenvalue weighted by molar-refractivity contribution is 0.303. The Morgan fingerprint density at radius 1 is 1.19 bits per heavy atom. The maximum Gasteiger partial charge on any atom is 0.129 e. The van der Waals surface area contributed by atoms with E-state index in [9.17, 15) is 0 Å². The van der Waals surface area contributed by atoms with Gasteiger partial charge < -0.3 is 15.2 Å². The largest absolute Gasteiger partial charge is 0.496 e. The third-order valence-corrected chi connectivity index (χ3v) is 3.79. The van der Waals surface area contributed by atoms with Crippen molar-refractivity contribution in [2.45, 2.75) is 13.5 Å². The second-order valence-electron chi connectivity index (χ2n) is 4.60. The Balaban J connectivity index is 2.17. The molecular weight excluding hydrogens is 350 g/mol. The van der Waals surface area contributed by atoms with Gasteiger partial charge in [0.2, 0.25) is 0 Å². The van der Waals surface area contributed by atoms with Crippen LogP contribution in [0.5, 0.6) is 11.5 Å². The van der Waals surface area contributed by atoms with Crippen LogP contribution >= 0.6 is 28.1 Å². The summed E-state index contributed by atoms with van der Waals surface area (Å²) in [6.45, 7) is 2.46. The lowest BCUT2D eigenvalue weighted by Gasteiger charge is -2.12. The Hall–Kier alpha value is -1.59. The molecule has 0 spiro atoms. The molecule has 0 bridgehead atoms. The molecule has 3 nitrogen and oxygen atoms in total. The van der Waals surface area contributed by atoms with Crippen LogP contribution in [0.3, 0.4) is 0 Å². The number of thiocarbonyl (C=S) groups is 1. The minimum atomic E-state index is 0.321. The van der Waals surface area contributed by atoms with Crippen LogP contribution in [0.1, 0.15) is 16.7 Å². The van der Waals surface area contributed by atoms with Gasteiger partial charge in [-0.25, -0.2) is 0 Å². The zero-order valence-corrected chi connectivity index (χ0v) is 14.3. The molecule has 0 aromatic heterocycles. The van der Waals surface area contributed by atoms with Crippen LogP contribution in [0.25, 0.3) is 0 Å². The SMILES string of the molecule is COc1cc(COc2cc(Br)ccc2C)ccc1C(N)=S. The van der Waals surface area contributed by atoms with E-state index in [1.807, 2.05) is 43.3 Å². The Bertz CT molecular complexity index is 673. The molecular formula is C16H16BrNO2S. The Labute approximate surface area is 138 Å². The molecule has 2 N–H and O–H groups in total. The summed E-state index contributed by atoms with van der Waals surface area (Å²) < 4.78 is 12.2. The van der Waals surface area contributed by atoms with E-state index >= 15 is 0 Å². The molecule has 0 saturated heterocycles. The van der Waals surface area contributed by atoms with Crippen molar-refractivity contribution < 1.29 is 9.47 Å². The second-order valence-corrected chi connectivity index (χ2v) is 5.95. The highest BCUT2D eigenvalue weighted by atomic mass is 79.9. The maximum atomic E-state index is 5.85. The molecule has 0 amide bonds. The fraction of sp³-hybridized carbons (Fsp3) is 0.188. The first-order chi connectivity index (χ1) is 10.0. The van der Waals surface area contributed by atoms with E-state index in [-0.39, 0.29) is 0 Å². The lowest BCUT2D eigenvalue weighted by Crippen LogP contribution is -2.11. The molecule has 2 aromatic carbocycles. The molecule has 0 heterocycles. The zero-order chi connectivity index (χ0) is 15.4. The summed E-state index contributed by atoms with van der Waals surface area (Å²) in [6, 6.07) is 11.6. The maximum absolute atomic E-state index is 5.85. The van der Waals surface area contributed by atoms with Crippen LogP contribution in [0.4, 0.5) is 0 Å². The van der Waals surface area contributed by atoms with E-state index in [1.54, 1.807) is 7.11 Å². The zero-order valence-electron chi connectivity index (χ0n) is 11.9. The molecule has 0 fully saturated rings. The van der Waals surface area contributed by atoms with Gasteiger partial charge in [0, 0.05) is 4.47 Å². The van der Waals surface area contributed by atoms with Gasteiger partial charge in [0.05, 0.1) is 12.7 Å². The predicted molar refractivity (Wildman–Crippen MR) is 92.1 cm³/mol. The highest BCUT2D eigenvalue weighted by Crippen LogP contribution is 2.25. The van der Waals surface area contributed by atoms with E-state index in [4.69, 9.17) is 27.4 Å². The molecule has 110 valence electrons. The van der Waals surface area contributed by atoms with Crippen molar-refractivity contribution in [3.63, 3.8) is 0 Å². The van der Waals surface area contributed by atoms with Crippen molar-refractivity contribution in [2.24, 2.45) is 5.73 Å². The molecule has 5 heteroatoms. The summed E-state index contributed by atoms with van der Waals surface area (Å²) in [7, 11) is 1.60. The quantitative estimate of drug-likeness (QED) is 0.813. The summed E-state index contributed by atoms with van der Waals surface area (Å²) in [4.78, 5) is 0.321. The van der Waals surface area contributed by atoms with E-state index in [0.29, 0.717) is 17.3 Å². The number of halogens is 1. The van der Waals surface area contributed by atoms with Crippen LogP contribution in [0, 0.1) is 6.92 Å². The number of rotatable bonds is 5. The van der Waals surface area contributed by atoms with Crippen LogP contribution < -0.4 is 15.2 Å². The summed E-state index contributed by atoms with van der Waals surface area (Å²) in [5, 5.41) is 0.